The zero-order valence-corrected chi connectivity index (χ0v) is 10.9. The first-order chi connectivity index (χ1) is 7.80. The van der Waals surface area contributed by atoms with Crippen LogP contribution < -0.4 is 5.73 Å². The summed E-state index contributed by atoms with van der Waals surface area (Å²) < 4.78 is 11.0. The summed E-state index contributed by atoms with van der Waals surface area (Å²) in [4.78, 5) is 13.6. The molecule has 0 aromatic rings. The predicted octanol–water partition coefficient (Wildman–Crippen LogP) is 1.32. The third-order valence-electron chi connectivity index (χ3n) is 3.09. The fourth-order valence-corrected chi connectivity index (χ4v) is 2.07. The summed E-state index contributed by atoms with van der Waals surface area (Å²) >= 11 is 0. The minimum atomic E-state index is -0.658. The molecule has 0 aromatic carbocycles. The van der Waals surface area contributed by atoms with Gasteiger partial charge in [0.2, 0.25) is 0 Å². The molecule has 1 amide bonds. The van der Waals surface area contributed by atoms with E-state index in [2.05, 4.69) is 0 Å². The molecule has 2 fully saturated rings. The molecule has 1 atom stereocenters. The van der Waals surface area contributed by atoms with Crippen LogP contribution in [0.3, 0.4) is 0 Å². The molecule has 0 aromatic heterocycles. The molecular weight excluding hydrogens is 220 g/mol. The third kappa shape index (κ3) is 3.10. The number of morpholine rings is 1. The first-order valence-corrected chi connectivity index (χ1v) is 6.21. The molecule has 0 radical (unpaired) electrons. The number of hydrogen-bond acceptors (Lipinski definition) is 4. The second-order valence-corrected chi connectivity index (χ2v) is 5.98. The molecule has 2 N–H and O–H groups in total. The summed E-state index contributed by atoms with van der Waals surface area (Å²) in [5, 5.41) is 0. The molecule has 1 aliphatic carbocycles. The third-order valence-corrected chi connectivity index (χ3v) is 3.09. The highest BCUT2D eigenvalue weighted by molar-refractivity contribution is 5.68. The fraction of sp³-hybridized carbons (Fsp3) is 0.917. The molecule has 2 aliphatic rings. The maximum atomic E-state index is 11.9. The van der Waals surface area contributed by atoms with Gasteiger partial charge in [-0.3, -0.25) is 0 Å². The van der Waals surface area contributed by atoms with E-state index >= 15 is 0 Å². The highest BCUT2D eigenvalue weighted by atomic mass is 16.6. The van der Waals surface area contributed by atoms with Gasteiger partial charge in [-0.2, -0.15) is 0 Å². The Kier molecular flexibility index (Phi) is 3.08. The van der Waals surface area contributed by atoms with Crippen LogP contribution in [-0.4, -0.2) is 42.0 Å². The van der Waals surface area contributed by atoms with E-state index in [4.69, 9.17) is 15.2 Å². The van der Waals surface area contributed by atoms with Gasteiger partial charge in [-0.05, 0) is 33.6 Å². The molecule has 2 rings (SSSR count). The van der Waals surface area contributed by atoms with Crippen molar-refractivity contribution >= 4 is 6.09 Å². The predicted molar refractivity (Wildman–Crippen MR) is 63.4 cm³/mol. The molecule has 1 saturated carbocycles. The standard InChI is InChI=1S/C12H22N2O3/c1-11(2,3)17-10(15)14-6-7-16-12(13,8-14)9-4-5-9/h9H,4-8,13H2,1-3H3. The molecule has 1 heterocycles. The lowest BCUT2D eigenvalue weighted by Crippen LogP contribution is -2.60. The van der Waals surface area contributed by atoms with E-state index in [1.54, 1.807) is 4.90 Å². The van der Waals surface area contributed by atoms with Gasteiger partial charge >= 0.3 is 6.09 Å². The lowest BCUT2D eigenvalue weighted by atomic mass is 10.1. The highest BCUT2D eigenvalue weighted by Gasteiger charge is 2.47. The molecule has 0 spiro atoms. The Bertz CT molecular complexity index is 309. The molecule has 1 aliphatic heterocycles. The van der Waals surface area contributed by atoms with Gasteiger partial charge in [-0.25, -0.2) is 4.79 Å². The Hall–Kier alpha value is -0.810. The summed E-state index contributed by atoms with van der Waals surface area (Å²) in [5.74, 6) is 0.396. The van der Waals surface area contributed by atoms with Crippen LogP contribution in [0.2, 0.25) is 0 Å². The quantitative estimate of drug-likeness (QED) is 0.753. The Balaban J connectivity index is 1.95. The zero-order valence-electron chi connectivity index (χ0n) is 10.9. The van der Waals surface area contributed by atoms with Crippen molar-refractivity contribution < 1.29 is 14.3 Å². The average Bonchev–Trinajstić information content (AvgIpc) is 2.98. The van der Waals surface area contributed by atoms with Gasteiger partial charge in [0.1, 0.15) is 11.3 Å². The van der Waals surface area contributed by atoms with Gasteiger partial charge in [0.15, 0.2) is 0 Å². The van der Waals surface area contributed by atoms with Crippen LogP contribution in [-0.2, 0) is 9.47 Å². The van der Waals surface area contributed by atoms with Gasteiger partial charge in [-0.15, -0.1) is 0 Å². The van der Waals surface area contributed by atoms with E-state index in [1.165, 1.54) is 0 Å². The number of carbonyl (C=O) groups is 1. The van der Waals surface area contributed by atoms with Crippen LogP contribution in [0.1, 0.15) is 33.6 Å². The number of ether oxygens (including phenoxy) is 2. The lowest BCUT2D eigenvalue weighted by Gasteiger charge is -2.40. The van der Waals surface area contributed by atoms with Crippen molar-refractivity contribution in [3.63, 3.8) is 0 Å². The summed E-state index contributed by atoms with van der Waals surface area (Å²) in [6, 6.07) is 0. The molecule has 0 bridgehead atoms. The van der Waals surface area contributed by atoms with E-state index < -0.39 is 11.3 Å². The second-order valence-electron chi connectivity index (χ2n) is 5.98. The maximum Gasteiger partial charge on any atom is 0.410 e. The van der Waals surface area contributed by atoms with Gasteiger partial charge in [-0.1, -0.05) is 0 Å². The number of hydrogen-bond donors (Lipinski definition) is 1. The van der Waals surface area contributed by atoms with Crippen molar-refractivity contribution in [3.8, 4) is 0 Å². The van der Waals surface area contributed by atoms with Gasteiger partial charge in [0.05, 0.1) is 13.2 Å². The topological polar surface area (TPSA) is 64.8 Å². The van der Waals surface area contributed by atoms with E-state index in [9.17, 15) is 4.79 Å². The molecule has 5 nitrogen and oxygen atoms in total. The zero-order chi connectivity index (χ0) is 12.7. The van der Waals surface area contributed by atoms with Crippen molar-refractivity contribution in [2.75, 3.05) is 19.7 Å². The first kappa shape index (κ1) is 12.6. The molecule has 1 unspecified atom stereocenters. The number of amides is 1. The van der Waals surface area contributed by atoms with Crippen LogP contribution in [0.15, 0.2) is 0 Å². The summed E-state index contributed by atoms with van der Waals surface area (Å²) in [7, 11) is 0. The van der Waals surface area contributed by atoms with E-state index in [0.717, 1.165) is 12.8 Å². The van der Waals surface area contributed by atoms with Crippen LogP contribution >= 0.6 is 0 Å². The van der Waals surface area contributed by atoms with Gasteiger partial charge in [0, 0.05) is 12.5 Å². The molecule has 5 heteroatoms. The first-order valence-electron chi connectivity index (χ1n) is 6.21. The van der Waals surface area contributed by atoms with Gasteiger partial charge in [0.25, 0.3) is 0 Å². The summed E-state index contributed by atoms with van der Waals surface area (Å²) in [6.45, 7) is 7.07. The second kappa shape index (κ2) is 4.14. The lowest BCUT2D eigenvalue weighted by molar-refractivity contribution is -0.117. The summed E-state index contributed by atoms with van der Waals surface area (Å²) in [6.07, 6.45) is 1.90. The number of nitrogens with two attached hydrogens (primary N) is 1. The smallest absolute Gasteiger partial charge is 0.410 e. The Morgan fingerprint density at radius 3 is 2.65 bits per heavy atom. The Morgan fingerprint density at radius 2 is 2.12 bits per heavy atom. The number of nitrogens with zero attached hydrogens (tertiary/aromatic N) is 1. The van der Waals surface area contributed by atoms with Crippen molar-refractivity contribution in [2.45, 2.75) is 44.9 Å². The summed E-state index contributed by atoms with van der Waals surface area (Å²) in [5.41, 5.74) is 5.06. The SMILES string of the molecule is CC(C)(C)OC(=O)N1CCOC(N)(C2CC2)C1. The van der Waals surface area contributed by atoms with Crippen molar-refractivity contribution in [1.29, 1.82) is 0 Å². The van der Waals surface area contributed by atoms with Crippen molar-refractivity contribution in [3.05, 3.63) is 0 Å². The van der Waals surface area contributed by atoms with Crippen LogP contribution in [0.4, 0.5) is 4.79 Å². The Labute approximate surface area is 102 Å². The van der Waals surface area contributed by atoms with E-state index in [0.29, 0.717) is 25.6 Å². The number of carbonyl (C=O) groups excluding carboxylic acids is 1. The van der Waals surface area contributed by atoms with E-state index in [-0.39, 0.29) is 6.09 Å². The monoisotopic (exact) mass is 242 g/mol. The normalized spacial score (nSPS) is 30.2. The number of rotatable bonds is 1. The fourth-order valence-electron chi connectivity index (χ4n) is 2.07. The van der Waals surface area contributed by atoms with E-state index in [1.807, 2.05) is 20.8 Å². The van der Waals surface area contributed by atoms with Crippen LogP contribution in [0.25, 0.3) is 0 Å². The van der Waals surface area contributed by atoms with Gasteiger partial charge < -0.3 is 20.1 Å². The maximum absolute atomic E-state index is 11.9. The highest BCUT2D eigenvalue weighted by Crippen LogP contribution is 2.40. The van der Waals surface area contributed by atoms with Crippen LogP contribution in [0.5, 0.6) is 0 Å². The largest absolute Gasteiger partial charge is 0.444 e. The average molecular weight is 242 g/mol. The molecular formula is C12H22N2O3. The molecule has 98 valence electrons. The van der Waals surface area contributed by atoms with Crippen molar-refractivity contribution in [1.82, 2.24) is 4.90 Å². The molecule has 17 heavy (non-hydrogen) atoms. The molecule has 1 saturated heterocycles. The Morgan fingerprint density at radius 1 is 1.47 bits per heavy atom. The van der Waals surface area contributed by atoms with Crippen molar-refractivity contribution in [2.24, 2.45) is 11.7 Å². The minimum Gasteiger partial charge on any atom is -0.444 e. The van der Waals surface area contributed by atoms with Crippen LogP contribution in [0, 0.1) is 5.92 Å². The minimum absolute atomic E-state index is 0.295.